The van der Waals surface area contributed by atoms with E-state index in [1.165, 1.54) is 0 Å². The molecule has 8 heavy (non-hydrogen) atoms. The lowest BCUT2D eigenvalue weighted by Crippen LogP contribution is -2.13. The van der Waals surface area contributed by atoms with Gasteiger partial charge in [-0.25, -0.2) is 0 Å². The van der Waals surface area contributed by atoms with Crippen LogP contribution in [0.5, 0.6) is 0 Å². The molecule has 1 unspecified atom stereocenters. The summed E-state index contributed by atoms with van der Waals surface area (Å²) >= 11 is 2.98. The van der Waals surface area contributed by atoms with Gasteiger partial charge in [0.15, 0.2) is 0 Å². The largest absolute Gasteiger partial charge is 0.272 e. The van der Waals surface area contributed by atoms with Gasteiger partial charge in [-0.2, -0.15) is 5.32 Å². The number of halogens is 1. The van der Waals surface area contributed by atoms with Gasteiger partial charge in [-0.3, -0.25) is 9.59 Å². The molecule has 1 saturated heterocycles. The third kappa shape index (κ3) is 0.888. The van der Waals surface area contributed by atoms with Crippen LogP contribution in [-0.2, 0) is 9.59 Å². The minimum atomic E-state index is -0.352. The maximum Gasteiger partial charge on any atom is 0.263 e. The van der Waals surface area contributed by atoms with Gasteiger partial charge in [0, 0.05) is 0 Å². The molecule has 0 aromatic rings. The molecule has 1 heterocycles. The molecule has 0 spiro atoms. The van der Waals surface area contributed by atoms with E-state index in [0.717, 1.165) is 0 Å². The molecule has 3 nitrogen and oxygen atoms in total. The van der Waals surface area contributed by atoms with Crippen LogP contribution in [0.3, 0.4) is 0 Å². The number of amides is 2. The Hall–Kier alpha value is -0.380. The number of hydrogen-bond donors (Lipinski definition) is 0. The Kier molecular flexibility index (Phi) is 1.33. The second kappa shape index (κ2) is 1.85. The summed E-state index contributed by atoms with van der Waals surface area (Å²) in [4.78, 5) is 20.2. The first kappa shape index (κ1) is 5.75. The van der Waals surface area contributed by atoms with E-state index < -0.39 is 0 Å². The molecule has 0 aromatic carbocycles. The molecule has 0 N–H and O–H groups in total. The SMILES string of the molecule is O=C1CC(Br)C(=O)[N]1. The fraction of sp³-hybridized carbons (Fsp3) is 0.500. The van der Waals surface area contributed by atoms with Gasteiger partial charge in [-0.05, 0) is 0 Å². The highest BCUT2D eigenvalue weighted by atomic mass is 79.9. The van der Waals surface area contributed by atoms with Gasteiger partial charge in [0.05, 0.1) is 6.42 Å². The van der Waals surface area contributed by atoms with Crippen molar-refractivity contribution in [3.63, 3.8) is 0 Å². The average Bonchev–Trinajstić information content (AvgIpc) is 1.85. The third-order valence-corrected chi connectivity index (χ3v) is 1.57. The van der Waals surface area contributed by atoms with Crippen molar-refractivity contribution in [3.05, 3.63) is 0 Å². The molecular formula is C4H3BrNO2. The Bertz CT molecular complexity index is 145. The van der Waals surface area contributed by atoms with E-state index >= 15 is 0 Å². The van der Waals surface area contributed by atoms with E-state index in [4.69, 9.17) is 0 Å². The van der Waals surface area contributed by atoms with Gasteiger partial charge < -0.3 is 0 Å². The standard InChI is InChI=1S/C4H3BrNO2/c5-2-1-3(7)6-4(2)8/h2H,1H2. The molecule has 1 fully saturated rings. The molecule has 0 saturated carbocycles. The second-order valence-corrected chi connectivity index (χ2v) is 2.62. The Balaban J connectivity index is 2.64. The van der Waals surface area contributed by atoms with Crippen molar-refractivity contribution in [2.45, 2.75) is 11.2 Å². The van der Waals surface area contributed by atoms with Gasteiger partial charge >= 0.3 is 0 Å². The number of carbonyl (C=O) groups is 2. The molecule has 1 aliphatic rings. The van der Waals surface area contributed by atoms with E-state index in [1.54, 1.807) is 0 Å². The van der Waals surface area contributed by atoms with Crippen molar-refractivity contribution in [2.24, 2.45) is 0 Å². The number of rotatable bonds is 0. The molecule has 0 bridgehead atoms. The summed E-state index contributed by atoms with van der Waals surface area (Å²) in [5.74, 6) is -0.674. The second-order valence-electron chi connectivity index (χ2n) is 1.52. The lowest BCUT2D eigenvalue weighted by Gasteiger charge is -1.84. The molecular weight excluding hydrogens is 174 g/mol. The predicted octanol–water partition coefficient (Wildman–Crippen LogP) is -0.189. The summed E-state index contributed by atoms with van der Waals surface area (Å²) in [5.41, 5.74) is 0. The van der Waals surface area contributed by atoms with Crippen LogP contribution in [0.1, 0.15) is 6.42 Å². The first-order valence-electron chi connectivity index (χ1n) is 2.12. The van der Waals surface area contributed by atoms with Gasteiger partial charge in [0.2, 0.25) is 5.91 Å². The highest BCUT2D eigenvalue weighted by Gasteiger charge is 2.29. The van der Waals surface area contributed by atoms with Crippen LogP contribution in [-0.4, -0.2) is 16.6 Å². The van der Waals surface area contributed by atoms with Crippen molar-refractivity contribution in [1.82, 2.24) is 5.32 Å². The molecule has 1 rings (SSSR count). The molecule has 0 aliphatic carbocycles. The number of hydrogen-bond acceptors (Lipinski definition) is 2. The van der Waals surface area contributed by atoms with Crippen molar-refractivity contribution in [2.75, 3.05) is 0 Å². The topological polar surface area (TPSA) is 48.2 Å². The summed E-state index contributed by atoms with van der Waals surface area (Å²) in [6, 6.07) is 0. The maximum atomic E-state index is 10.4. The monoisotopic (exact) mass is 176 g/mol. The smallest absolute Gasteiger partial charge is 0.263 e. The van der Waals surface area contributed by atoms with Gasteiger partial charge in [-0.15, -0.1) is 0 Å². The predicted molar refractivity (Wildman–Crippen MR) is 29.5 cm³/mol. The quantitative estimate of drug-likeness (QED) is 0.380. The lowest BCUT2D eigenvalue weighted by atomic mass is 10.4. The van der Waals surface area contributed by atoms with Crippen LogP contribution < -0.4 is 5.32 Å². The maximum absolute atomic E-state index is 10.4. The van der Waals surface area contributed by atoms with E-state index in [9.17, 15) is 9.59 Å². The van der Waals surface area contributed by atoms with Crippen molar-refractivity contribution >= 4 is 27.7 Å². The highest BCUT2D eigenvalue weighted by Crippen LogP contribution is 2.11. The molecule has 1 aliphatic heterocycles. The van der Waals surface area contributed by atoms with Gasteiger partial charge in [0.25, 0.3) is 5.91 Å². The van der Waals surface area contributed by atoms with Crippen LogP contribution in [0.2, 0.25) is 0 Å². The zero-order valence-corrected chi connectivity index (χ0v) is 5.51. The summed E-state index contributed by atoms with van der Waals surface area (Å²) in [6.45, 7) is 0. The van der Waals surface area contributed by atoms with Gasteiger partial charge in [-0.1, -0.05) is 15.9 Å². The van der Waals surface area contributed by atoms with Crippen molar-refractivity contribution in [1.29, 1.82) is 0 Å². The molecule has 0 aromatic heterocycles. The fourth-order valence-electron chi connectivity index (χ4n) is 0.479. The zero-order valence-electron chi connectivity index (χ0n) is 3.93. The van der Waals surface area contributed by atoms with E-state index in [-0.39, 0.29) is 23.1 Å². The Labute approximate surface area is 54.6 Å². The van der Waals surface area contributed by atoms with Crippen LogP contribution in [0.25, 0.3) is 0 Å². The number of alkyl halides is 1. The molecule has 4 heteroatoms. The molecule has 1 atom stereocenters. The Morgan fingerprint density at radius 1 is 1.62 bits per heavy atom. The highest BCUT2D eigenvalue weighted by molar-refractivity contribution is 9.10. The summed E-state index contributed by atoms with van der Waals surface area (Å²) in [7, 11) is 0. The Morgan fingerprint density at radius 2 is 2.25 bits per heavy atom. The van der Waals surface area contributed by atoms with Crippen LogP contribution in [0.4, 0.5) is 0 Å². The first-order chi connectivity index (χ1) is 3.70. The van der Waals surface area contributed by atoms with Crippen LogP contribution >= 0.6 is 15.9 Å². The summed E-state index contributed by atoms with van der Waals surface area (Å²) in [6.07, 6.45) is 0.221. The summed E-state index contributed by atoms with van der Waals surface area (Å²) in [5, 5.41) is 3.15. The first-order valence-corrected chi connectivity index (χ1v) is 3.04. The van der Waals surface area contributed by atoms with Crippen molar-refractivity contribution in [3.8, 4) is 0 Å². The minimum absolute atomic E-state index is 0.221. The van der Waals surface area contributed by atoms with E-state index in [0.29, 0.717) is 0 Å². The number of carbonyl (C=O) groups excluding carboxylic acids is 2. The zero-order chi connectivity index (χ0) is 6.15. The van der Waals surface area contributed by atoms with Crippen LogP contribution in [0, 0.1) is 0 Å². The molecule has 1 radical (unpaired) electrons. The summed E-state index contributed by atoms with van der Waals surface area (Å²) < 4.78 is 0. The number of imide groups is 1. The van der Waals surface area contributed by atoms with Crippen molar-refractivity contribution < 1.29 is 9.59 Å². The third-order valence-electron chi connectivity index (χ3n) is 0.857. The average molecular weight is 177 g/mol. The number of nitrogens with zero attached hydrogens (tertiary/aromatic N) is 1. The van der Waals surface area contributed by atoms with E-state index in [1.807, 2.05) is 0 Å². The molecule has 43 valence electrons. The van der Waals surface area contributed by atoms with Gasteiger partial charge in [0.1, 0.15) is 4.83 Å². The molecule has 2 amide bonds. The Morgan fingerprint density at radius 3 is 2.38 bits per heavy atom. The minimum Gasteiger partial charge on any atom is -0.272 e. The normalized spacial score (nSPS) is 28.4. The lowest BCUT2D eigenvalue weighted by molar-refractivity contribution is -0.125. The van der Waals surface area contributed by atoms with E-state index in [2.05, 4.69) is 21.2 Å². The fourth-order valence-corrected chi connectivity index (χ4v) is 0.859. The van der Waals surface area contributed by atoms with Crippen LogP contribution in [0.15, 0.2) is 0 Å².